The minimum atomic E-state index is -3.78. The van der Waals surface area contributed by atoms with Gasteiger partial charge in [-0.2, -0.15) is 0 Å². The highest BCUT2D eigenvalue weighted by Crippen LogP contribution is 2.28. The Hall–Kier alpha value is -2.34. The Labute approximate surface area is 110 Å². The first-order chi connectivity index (χ1) is 9.02. The maximum absolute atomic E-state index is 11.5. The van der Waals surface area contributed by atoms with E-state index < -0.39 is 10.0 Å². The van der Waals surface area contributed by atoms with Crippen LogP contribution >= 0.6 is 0 Å². The lowest BCUT2D eigenvalue weighted by atomic mass is 10.1. The molecule has 2 N–H and O–H groups in total. The van der Waals surface area contributed by atoms with Crippen LogP contribution in [0.25, 0.3) is 21.6 Å². The number of rotatable bonds is 3. The Morgan fingerprint density at radius 2 is 1.68 bits per heavy atom. The summed E-state index contributed by atoms with van der Waals surface area (Å²) < 4.78 is 23.0. The summed E-state index contributed by atoms with van der Waals surface area (Å²) in [5, 5.41) is 8.63. The van der Waals surface area contributed by atoms with Crippen LogP contribution < -0.4 is 5.14 Å². The third kappa shape index (κ3) is 2.92. The largest absolute Gasteiger partial charge is 0.238 e. The third-order valence-electron chi connectivity index (χ3n) is 2.53. The van der Waals surface area contributed by atoms with Crippen LogP contribution in [0.5, 0.6) is 0 Å². The molecule has 2 aromatic carbocycles. The molecule has 0 aliphatic rings. The van der Waals surface area contributed by atoms with Gasteiger partial charge in [-0.3, -0.25) is 0 Å². The van der Waals surface area contributed by atoms with Crippen LogP contribution in [0.1, 0.15) is 0 Å². The van der Waals surface area contributed by atoms with E-state index in [0.29, 0.717) is 16.8 Å². The second-order valence-electron chi connectivity index (χ2n) is 3.78. The van der Waals surface area contributed by atoms with Gasteiger partial charge in [0.05, 0.1) is 4.90 Å². The Morgan fingerprint density at radius 3 is 2.26 bits per heavy atom. The quantitative estimate of drug-likeness (QED) is 0.527. The number of primary sulfonamides is 1. The molecule has 19 heavy (non-hydrogen) atoms. The average molecular weight is 274 g/mol. The summed E-state index contributed by atoms with van der Waals surface area (Å²) in [4.78, 5) is 2.74. The Balaban J connectivity index is 2.56. The lowest BCUT2D eigenvalue weighted by Gasteiger charge is -2.07. The monoisotopic (exact) mass is 274 g/mol. The number of azide groups is 1. The van der Waals surface area contributed by atoms with Crippen LogP contribution in [0.15, 0.2) is 58.5 Å². The second kappa shape index (κ2) is 5.11. The lowest BCUT2D eigenvalue weighted by molar-refractivity contribution is 0.598. The molecule has 6 nitrogen and oxygen atoms in total. The minimum absolute atomic E-state index is 0.0616. The number of sulfonamides is 1. The molecule has 0 spiro atoms. The fourth-order valence-corrected chi connectivity index (χ4v) is 2.47. The molecule has 0 unspecified atom stereocenters. The first-order valence-electron chi connectivity index (χ1n) is 5.30. The Morgan fingerprint density at radius 1 is 1.05 bits per heavy atom. The van der Waals surface area contributed by atoms with Crippen LogP contribution in [0.2, 0.25) is 0 Å². The zero-order valence-electron chi connectivity index (χ0n) is 9.76. The van der Waals surface area contributed by atoms with Gasteiger partial charge in [0.15, 0.2) is 0 Å². The third-order valence-corrected chi connectivity index (χ3v) is 3.50. The fraction of sp³-hybridized carbons (Fsp3) is 0. The van der Waals surface area contributed by atoms with Gasteiger partial charge in [-0.25, -0.2) is 13.6 Å². The van der Waals surface area contributed by atoms with Crippen molar-refractivity contribution in [3.8, 4) is 11.1 Å². The molecule has 0 saturated carbocycles. The van der Waals surface area contributed by atoms with Crippen molar-refractivity contribution >= 4 is 15.7 Å². The molecular weight excluding hydrogens is 264 g/mol. The highest BCUT2D eigenvalue weighted by atomic mass is 32.2. The highest BCUT2D eigenvalue weighted by molar-refractivity contribution is 7.89. The summed E-state index contributed by atoms with van der Waals surface area (Å²) in [6.07, 6.45) is 0. The van der Waals surface area contributed by atoms with Crippen LogP contribution in [0.4, 0.5) is 5.69 Å². The molecule has 7 heteroatoms. The van der Waals surface area contributed by atoms with Gasteiger partial charge < -0.3 is 0 Å². The molecule has 2 aromatic rings. The van der Waals surface area contributed by atoms with Crippen LogP contribution in [0.3, 0.4) is 0 Å². The molecule has 0 saturated heterocycles. The van der Waals surface area contributed by atoms with E-state index in [4.69, 9.17) is 10.7 Å². The van der Waals surface area contributed by atoms with Crippen molar-refractivity contribution in [2.75, 3.05) is 0 Å². The maximum Gasteiger partial charge on any atom is 0.238 e. The molecule has 0 aromatic heterocycles. The number of hydrogen-bond acceptors (Lipinski definition) is 3. The predicted molar refractivity (Wildman–Crippen MR) is 72.1 cm³/mol. The van der Waals surface area contributed by atoms with Crippen molar-refractivity contribution < 1.29 is 8.42 Å². The summed E-state index contributed by atoms with van der Waals surface area (Å²) in [6.45, 7) is 0. The molecule has 0 radical (unpaired) electrons. The van der Waals surface area contributed by atoms with Gasteiger partial charge >= 0.3 is 0 Å². The van der Waals surface area contributed by atoms with Gasteiger partial charge in [-0.1, -0.05) is 47.6 Å². The maximum atomic E-state index is 11.5. The van der Waals surface area contributed by atoms with E-state index in [-0.39, 0.29) is 4.90 Å². The molecule has 0 heterocycles. The van der Waals surface area contributed by atoms with Gasteiger partial charge in [-0.05, 0) is 17.2 Å². The minimum Gasteiger partial charge on any atom is -0.225 e. The van der Waals surface area contributed by atoms with E-state index in [9.17, 15) is 8.42 Å². The molecule has 0 amide bonds. The summed E-state index contributed by atoms with van der Waals surface area (Å²) in [5.41, 5.74) is 9.97. The van der Waals surface area contributed by atoms with Crippen molar-refractivity contribution in [2.24, 2.45) is 10.3 Å². The van der Waals surface area contributed by atoms with Gasteiger partial charge in [0.25, 0.3) is 0 Å². The number of benzene rings is 2. The van der Waals surface area contributed by atoms with Crippen molar-refractivity contribution in [2.45, 2.75) is 4.90 Å². The smallest absolute Gasteiger partial charge is 0.225 e. The standard InChI is InChI=1S/C12H10N4O2S/c13-16-15-10-7-5-9(6-8-10)11-3-1-2-4-12(11)19(14,17)18/h1-8H,(H2,14,17,18). The van der Waals surface area contributed by atoms with Gasteiger partial charge in [0, 0.05) is 16.2 Å². The molecule has 96 valence electrons. The van der Waals surface area contributed by atoms with Crippen LogP contribution in [-0.2, 0) is 10.0 Å². The SMILES string of the molecule is [N-]=[N+]=Nc1ccc(-c2ccccc2S(N)(=O)=O)cc1. The van der Waals surface area contributed by atoms with Crippen molar-refractivity contribution in [3.05, 3.63) is 59.0 Å². The molecular formula is C12H10N4O2S. The molecule has 0 atom stereocenters. The lowest BCUT2D eigenvalue weighted by Crippen LogP contribution is -2.13. The summed E-state index contributed by atoms with van der Waals surface area (Å²) in [5.74, 6) is 0. The van der Waals surface area contributed by atoms with E-state index >= 15 is 0 Å². The molecule has 2 rings (SSSR count). The molecule has 0 aliphatic carbocycles. The van der Waals surface area contributed by atoms with E-state index in [1.54, 1.807) is 42.5 Å². The summed E-state index contributed by atoms with van der Waals surface area (Å²) in [7, 11) is -3.78. The number of nitrogens with zero attached hydrogens (tertiary/aromatic N) is 3. The van der Waals surface area contributed by atoms with E-state index in [0.717, 1.165) is 0 Å². The van der Waals surface area contributed by atoms with Crippen LogP contribution in [-0.4, -0.2) is 8.42 Å². The molecule has 0 bridgehead atoms. The summed E-state index contributed by atoms with van der Waals surface area (Å²) in [6, 6.07) is 13.0. The average Bonchev–Trinajstić information content (AvgIpc) is 2.39. The van der Waals surface area contributed by atoms with Gasteiger partial charge in [0.2, 0.25) is 10.0 Å². The zero-order valence-corrected chi connectivity index (χ0v) is 10.6. The van der Waals surface area contributed by atoms with Gasteiger partial charge in [-0.15, -0.1) is 0 Å². The first-order valence-corrected chi connectivity index (χ1v) is 6.84. The van der Waals surface area contributed by atoms with Crippen LogP contribution in [0, 0.1) is 0 Å². The zero-order chi connectivity index (χ0) is 13.9. The van der Waals surface area contributed by atoms with E-state index in [2.05, 4.69) is 10.0 Å². The molecule has 0 fully saturated rings. The topological polar surface area (TPSA) is 109 Å². The van der Waals surface area contributed by atoms with E-state index in [1.807, 2.05) is 0 Å². The number of nitrogens with two attached hydrogens (primary N) is 1. The van der Waals surface area contributed by atoms with Crippen molar-refractivity contribution in [1.82, 2.24) is 0 Å². The molecule has 0 aliphatic heterocycles. The van der Waals surface area contributed by atoms with E-state index in [1.165, 1.54) is 6.07 Å². The summed E-state index contributed by atoms with van der Waals surface area (Å²) >= 11 is 0. The highest BCUT2D eigenvalue weighted by Gasteiger charge is 2.14. The normalized spacial score (nSPS) is 10.8. The van der Waals surface area contributed by atoms with Crippen molar-refractivity contribution in [1.29, 1.82) is 0 Å². The van der Waals surface area contributed by atoms with Crippen molar-refractivity contribution in [3.63, 3.8) is 0 Å². The predicted octanol–water partition coefficient (Wildman–Crippen LogP) is 2.94. The number of hydrogen-bond donors (Lipinski definition) is 1. The first kappa shape index (κ1) is 13.1. The van der Waals surface area contributed by atoms with Gasteiger partial charge in [0.1, 0.15) is 0 Å². The fourth-order valence-electron chi connectivity index (χ4n) is 1.71. The second-order valence-corrected chi connectivity index (χ2v) is 5.31. The Kier molecular flexibility index (Phi) is 3.52. The Bertz CT molecular complexity index is 748.